The molecule has 6 heteroatoms. The highest BCUT2D eigenvalue weighted by Crippen LogP contribution is 2.28. The number of nitrogens with one attached hydrogen (secondary N) is 1. The van der Waals surface area contributed by atoms with Crippen LogP contribution in [0.25, 0.3) is 10.6 Å². The van der Waals surface area contributed by atoms with Crippen molar-refractivity contribution in [3.63, 3.8) is 0 Å². The smallest absolute Gasteiger partial charge is 0.263 e. The summed E-state index contributed by atoms with van der Waals surface area (Å²) in [5.74, 6) is 0.931. The van der Waals surface area contributed by atoms with Crippen LogP contribution in [0, 0.1) is 5.92 Å². The number of nitrogens with zero attached hydrogens (tertiary/aromatic N) is 1. The van der Waals surface area contributed by atoms with Crippen LogP contribution < -0.4 is 10.1 Å². The number of methoxy groups -OCH3 is 1. The van der Waals surface area contributed by atoms with E-state index in [9.17, 15) is 9.90 Å². The Morgan fingerprint density at radius 2 is 2.08 bits per heavy atom. The number of benzene rings is 1. The summed E-state index contributed by atoms with van der Waals surface area (Å²) in [6.07, 6.45) is 5.59. The first-order valence-corrected chi connectivity index (χ1v) is 9.05. The summed E-state index contributed by atoms with van der Waals surface area (Å²) in [6.45, 7) is 0.305. The number of hydrogen-bond acceptors (Lipinski definition) is 5. The summed E-state index contributed by atoms with van der Waals surface area (Å²) in [6, 6.07) is 7.58. The van der Waals surface area contributed by atoms with Gasteiger partial charge in [-0.25, -0.2) is 4.98 Å². The second-order valence-corrected chi connectivity index (χ2v) is 7.11. The molecule has 2 aromatic rings. The number of aliphatic hydroxyl groups excluding tert-OH is 1. The van der Waals surface area contributed by atoms with Crippen LogP contribution in [0.3, 0.4) is 0 Å². The summed E-state index contributed by atoms with van der Waals surface area (Å²) in [4.78, 5) is 17.1. The molecular formula is C18H22N2O3S. The van der Waals surface area contributed by atoms with Crippen LogP contribution in [0.5, 0.6) is 5.75 Å². The van der Waals surface area contributed by atoms with Gasteiger partial charge in [-0.3, -0.25) is 4.79 Å². The maximum atomic E-state index is 12.2. The molecule has 1 saturated carbocycles. The lowest BCUT2D eigenvalue weighted by Crippen LogP contribution is -2.35. The number of rotatable bonds is 6. The van der Waals surface area contributed by atoms with Gasteiger partial charge in [0.05, 0.1) is 19.4 Å². The van der Waals surface area contributed by atoms with Gasteiger partial charge in [0.15, 0.2) is 0 Å². The Bertz CT molecular complexity index is 678. The van der Waals surface area contributed by atoms with Crippen LogP contribution in [0.15, 0.2) is 30.5 Å². The number of aromatic nitrogens is 1. The molecule has 0 bridgehead atoms. The van der Waals surface area contributed by atoms with E-state index in [1.807, 2.05) is 24.3 Å². The normalized spacial score (nSPS) is 16.1. The van der Waals surface area contributed by atoms with E-state index in [0.717, 1.165) is 29.2 Å². The van der Waals surface area contributed by atoms with Crippen LogP contribution >= 0.6 is 11.3 Å². The quantitative estimate of drug-likeness (QED) is 0.843. The zero-order valence-electron chi connectivity index (χ0n) is 13.7. The number of carbonyl (C=O) groups is 1. The molecular weight excluding hydrogens is 324 g/mol. The Kier molecular flexibility index (Phi) is 5.48. The zero-order valence-corrected chi connectivity index (χ0v) is 14.5. The van der Waals surface area contributed by atoms with Crippen molar-refractivity contribution in [2.45, 2.75) is 31.8 Å². The third kappa shape index (κ3) is 3.94. The fourth-order valence-electron chi connectivity index (χ4n) is 3.04. The van der Waals surface area contributed by atoms with Crippen molar-refractivity contribution >= 4 is 17.2 Å². The van der Waals surface area contributed by atoms with Crippen LogP contribution in [-0.2, 0) is 0 Å². The van der Waals surface area contributed by atoms with Crippen molar-refractivity contribution in [2.24, 2.45) is 5.92 Å². The fraction of sp³-hybridized carbons (Fsp3) is 0.444. The van der Waals surface area contributed by atoms with Crippen LogP contribution in [0.4, 0.5) is 0 Å². The molecule has 1 amide bonds. The van der Waals surface area contributed by atoms with E-state index in [1.165, 1.54) is 24.2 Å². The van der Waals surface area contributed by atoms with E-state index in [0.29, 0.717) is 17.3 Å². The fourth-order valence-corrected chi connectivity index (χ4v) is 3.88. The van der Waals surface area contributed by atoms with Gasteiger partial charge < -0.3 is 15.2 Å². The number of aliphatic hydroxyl groups is 1. The average Bonchev–Trinajstić information content (AvgIpc) is 3.31. The first kappa shape index (κ1) is 16.9. The minimum atomic E-state index is -0.453. The lowest BCUT2D eigenvalue weighted by Gasteiger charge is -2.17. The van der Waals surface area contributed by atoms with E-state index < -0.39 is 6.10 Å². The SMILES string of the molecule is COc1ccc(-c2ncc(C(=O)NCC(O)C3CCCC3)s2)cc1. The highest BCUT2D eigenvalue weighted by molar-refractivity contribution is 7.16. The van der Waals surface area contributed by atoms with Crippen molar-refractivity contribution < 1.29 is 14.6 Å². The van der Waals surface area contributed by atoms with Crippen LogP contribution in [0.1, 0.15) is 35.4 Å². The molecule has 0 aliphatic heterocycles. The van der Waals surface area contributed by atoms with Gasteiger partial charge >= 0.3 is 0 Å². The Morgan fingerprint density at radius 1 is 1.38 bits per heavy atom. The largest absolute Gasteiger partial charge is 0.497 e. The highest BCUT2D eigenvalue weighted by atomic mass is 32.1. The maximum Gasteiger partial charge on any atom is 0.263 e. The molecule has 0 radical (unpaired) electrons. The summed E-state index contributed by atoms with van der Waals surface area (Å²) in [5.41, 5.74) is 0.950. The van der Waals surface area contributed by atoms with E-state index in [2.05, 4.69) is 10.3 Å². The Labute approximate surface area is 145 Å². The first-order valence-electron chi connectivity index (χ1n) is 8.24. The number of thiazole rings is 1. The summed E-state index contributed by atoms with van der Waals surface area (Å²) >= 11 is 1.35. The molecule has 1 aliphatic rings. The topological polar surface area (TPSA) is 71.5 Å². The monoisotopic (exact) mass is 346 g/mol. The summed E-state index contributed by atoms with van der Waals surface area (Å²) in [7, 11) is 1.63. The second-order valence-electron chi connectivity index (χ2n) is 6.08. The molecule has 5 nitrogen and oxygen atoms in total. The van der Waals surface area contributed by atoms with Gasteiger partial charge in [-0.1, -0.05) is 12.8 Å². The summed E-state index contributed by atoms with van der Waals surface area (Å²) < 4.78 is 5.14. The molecule has 1 unspecified atom stereocenters. The number of ether oxygens (including phenoxy) is 1. The van der Waals surface area contributed by atoms with E-state index in [-0.39, 0.29) is 5.91 Å². The zero-order chi connectivity index (χ0) is 16.9. The van der Waals surface area contributed by atoms with Crippen molar-refractivity contribution in [3.8, 4) is 16.3 Å². The molecule has 128 valence electrons. The van der Waals surface area contributed by atoms with Crippen LogP contribution in [-0.4, -0.2) is 35.8 Å². The van der Waals surface area contributed by atoms with Gasteiger partial charge in [-0.2, -0.15) is 0 Å². The van der Waals surface area contributed by atoms with Gasteiger partial charge in [0.25, 0.3) is 5.91 Å². The summed E-state index contributed by atoms with van der Waals surface area (Å²) in [5, 5.41) is 13.7. The van der Waals surface area contributed by atoms with Crippen molar-refractivity contribution in [2.75, 3.05) is 13.7 Å². The van der Waals surface area contributed by atoms with E-state index in [1.54, 1.807) is 13.3 Å². The van der Waals surface area contributed by atoms with Gasteiger partial charge in [-0.05, 0) is 43.0 Å². The first-order chi connectivity index (χ1) is 11.7. The minimum Gasteiger partial charge on any atom is -0.497 e. The van der Waals surface area contributed by atoms with Crippen LogP contribution in [0.2, 0.25) is 0 Å². The lowest BCUT2D eigenvalue weighted by atomic mass is 10.0. The predicted molar refractivity (Wildman–Crippen MR) is 94.4 cm³/mol. The minimum absolute atomic E-state index is 0.177. The lowest BCUT2D eigenvalue weighted by molar-refractivity contribution is 0.0843. The van der Waals surface area contributed by atoms with E-state index >= 15 is 0 Å². The van der Waals surface area contributed by atoms with E-state index in [4.69, 9.17) is 4.74 Å². The maximum absolute atomic E-state index is 12.2. The highest BCUT2D eigenvalue weighted by Gasteiger charge is 2.23. The van der Waals surface area contributed by atoms with Crippen molar-refractivity contribution in [1.29, 1.82) is 0 Å². The molecule has 3 rings (SSSR count). The number of hydrogen-bond donors (Lipinski definition) is 2. The molecule has 24 heavy (non-hydrogen) atoms. The molecule has 2 N–H and O–H groups in total. The van der Waals surface area contributed by atoms with Gasteiger partial charge in [0.2, 0.25) is 0 Å². The Balaban J connectivity index is 1.58. The standard InChI is InChI=1S/C18H22N2O3S/c1-23-14-8-6-13(7-9-14)18-20-11-16(24-18)17(22)19-10-15(21)12-4-2-3-5-12/h6-9,11-12,15,21H,2-5,10H2,1H3,(H,19,22). The van der Waals surface area contributed by atoms with Gasteiger partial charge in [0, 0.05) is 12.1 Å². The molecule has 1 heterocycles. The Morgan fingerprint density at radius 3 is 2.75 bits per heavy atom. The molecule has 0 saturated heterocycles. The molecule has 1 aromatic carbocycles. The molecule has 1 aliphatic carbocycles. The molecule has 1 atom stereocenters. The molecule has 1 aromatic heterocycles. The van der Waals surface area contributed by atoms with Crippen molar-refractivity contribution in [1.82, 2.24) is 10.3 Å². The third-order valence-electron chi connectivity index (χ3n) is 4.48. The molecule has 1 fully saturated rings. The number of amides is 1. The molecule has 0 spiro atoms. The second kappa shape index (κ2) is 7.77. The van der Waals surface area contributed by atoms with Crippen molar-refractivity contribution in [3.05, 3.63) is 35.3 Å². The average molecular weight is 346 g/mol. The third-order valence-corrected chi connectivity index (χ3v) is 5.53. The Hall–Kier alpha value is -1.92. The van der Waals surface area contributed by atoms with Gasteiger partial charge in [0.1, 0.15) is 15.6 Å². The number of carbonyl (C=O) groups excluding carboxylic acids is 1. The van der Waals surface area contributed by atoms with Gasteiger partial charge in [-0.15, -0.1) is 11.3 Å². The predicted octanol–water partition coefficient (Wildman–Crippen LogP) is 3.10.